The molecule has 1 aliphatic heterocycles. The van der Waals surface area contributed by atoms with E-state index in [1.54, 1.807) is 32.4 Å². The van der Waals surface area contributed by atoms with Gasteiger partial charge in [0.15, 0.2) is 0 Å². The molecule has 5 fully saturated rings. The third-order valence-corrected chi connectivity index (χ3v) is 8.43. The zero-order chi connectivity index (χ0) is 22.3. The second-order valence-corrected chi connectivity index (χ2v) is 10.7. The molecule has 4 bridgehead atoms. The molecule has 0 atom stereocenters. The Morgan fingerprint density at radius 3 is 1.94 bits per heavy atom. The molecule has 1 aromatic rings. The molecule has 1 aromatic carbocycles. The van der Waals surface area contributed by atoms with Gasteiger partial charge in [0.1, 0.15) is 11.5 Å². The Morgan fingerprint density at radius 2 is 1.38 bits per heavy atom. The summed E-state index contributed by atoms with van der Waals surface area (Å²) in [5.41, 5.74) is 0.833. The number of rotatable bonds is 5. The van der Waals surface area contributed by atoms with Crippen LogP contribution >= 0.6 is 0 Å². The fraction of sp³-hybridized carbons (Fsp3) is 0.692. The third-order valence-electron chi connectivity index (χ3n) is 8.43. The van der Waals surface area contributed by atoms with E-state index in [4.69, 9.17) is 9.47 Å². The second kappa shape index (κ2) is 8.60. The van der Waals surface area contributed by atoms with Crippen molar-refractivity contribution in [3.05, 3.63) is 23.8 Å². The highest BCUT2D eigenvalue weighted by molar-refractivity contribution is 5.95. The number of amides is 2. The van der Waals surface area contributed by atoms with Crippen LogP contribution < -0.4 is 9.47 Å². The fourth-order valence-corrected chi connectivity index (χ4v) is 7.42. The first-order valence-corrected chi connectivity index (χ1v) is 12.3. The summed E-state index contributed by atoms with van der Waals surface area (Å²) in [4.78, 5) is 30.4. The SMILES string of the molecule is COc1cc(OC)cc(C(=O)N2CCCN(C(=O)CC34CC5CC(CC(C5)C3)C4)CC2)c1. The van der Waals surface area contributed by atoms with Gasteiger partial charge in [-0.25, -0.2) is 0 Å². The summed E-state index contributed by atoms with van der Waals surface area (Å²) < 4.78 is 10.6. The first kappa shape index (κ1) is 21.6. The predicted molar refractivity (Wildman–Crippen MR) is 122 cm³/mol. The van der Waals surface area contributed by atoms with Crippen molar-refractivity contribution in [3.8, 4) is 11.5 Å². The van der Waals surface area contributed by atoms with Crippen LogP contribution in [0.3, 0.4) is 0 Å². The summed E-state index contributed by atoms with van der Waals surface area (Å²) in [5, 5.41) is 0. The van der Waals surface area contributed by atoms with Gasteiger partial charge in [0.2, 0.25) is 5.91 Å². The van der Waals surface area contributed by atoms with E-state index < -0.39 is 0 Å². The lowest BCUT2D eigenvalue weighted by molar-refractivity contribution is -0.139. The molecule has 2 amide bonds. The van der Waals surface area contributed by atoms with Gasteiger partial charge in [-0.05, 0) is 80.2 Å². The van der Waals surface area contributed by atoms with Crippen molar-refractivity contribution >= 4 is 11.8 Å². The number of methoxy groups -OCH3 is 2. The molecule has 32 heavy (non-hydrogen) atoms. The lowest BCUT2D eigenvalue weighted by Gasteiger charge is -2.57. The minimum atomic E-state index is -0.0300. The summed E-state index contributed by atoms with van der Waals surface area (Å²) in [7, 11) is 3.17. The average Bonchev–Trinajstić information content (AvgIpc) is 3.03. The van der Waals surface area contributed by atoms with Gasteiger partial charge >= 0.3 is 0 Å². The van der Waals surface area contributed by atoms with Crippen LogP contribution in [0.15, 0.2) is 18.2 Å². The molecule has 6 heteroatoms. The van der Waals surface area contributed by atoms with Gasteiger partial charge in [0.05, 0.1) is 14.2 Å². The van der Waals surface area contributed by atoms with Crippen molar-refractivity contribution in [3.63, 3.8) is 0 Å². The summed E-state index contributed by atoms with van der Waals surface area (Å²) in [6, 6.07) is 5.28. The van der Waals surface area contributed by atoms with Crippen LogP contribution in [0.2, 0.25) is 0 Å². The van der Waals surface area contributed by atoms with Gasteiger partial charge in [-0.2, -0.15) is 0 Å². The Kier molecular flexibility index (Phi) is 5.81. The van der Waals surface area contributed by atoms with E-state index in [1.165, 1.54) is 38.5 Å². The Bertz CT molecular complexity index is 825. The molecule has 1 saturated heterocycles. The van der Waals surface area contributed by atoms with Crippen LogP contribution in [0.1, 0.15) is 61.7 Å². The number of carbonyl (C=O) groups excluding carboxylic acids is 2. The van der Waals surface area contributed by atoms with Crippen molar-refractivity contribution in [1.29, 1.82) is 0 Å². The van der Waals surface area contributed by atoms with Crippen LogP contribution in [-0.4, -0.2) is 62.0 Å². The van der Waals surface area contributed by atoms with Gasteiger partial charge < -0.3 is 19.3 Å². The van der Waals surface area contributed by atoms with E-state index in [9.17, 15) is 9.59 Å². The van der Waals surface area contributed by atoms with Crippen molar-refractivity contribution in [2.24, 2.45) is 23.2 Å². The van der Waals surface area contributed by atoms with Gasteiger partial charge in [-0.3, -0.25) is 9.59 Å². The highest BCUT2D eigenvalue weighted by Gasteiger charge is 2.51. The lowest BCUT2D eigenvalue weighted by Crippen LogP contribution is -2.48. The van der Waals surface area contributed by atoms with Crippen LogP contribution in [0, 0.1) is 23.2 Å². The number of carbonyl (C=O) groups is 2. The largest absolute Gasteiger partial charge is 0.497 e. The monoisotopic (exact) mass is 440 g/mol. The van der Waals surface area contributed by atoms with Crippen LogP contribution in [0.4, 0.5) is 0 Å². The standard InChI is InChI=1S/C26H36N2O4/c1-31-22-11-21(12-23(13-22)32-2)25(30)28-5-3-4-27(6-7-28)24(29)17-26-14-18-8-19(15-26)10-20(9-18)16-26/h11-13,18-20H,3-10,14-17H2,1-2H3. The Balaban J connectivity index is 1.22. The van der Waals surface area contributed by atoms with Crippen LogP contribution in [-0.2, 0) is 4.79 Å². The van der Waals surface area contributed by atoms with Crippen LogP contribution in [0.25, 0.3) is 0 Å². The van der Waals surface area contributed by atoms with Gasteiger partial charge in [-0.1, -0.05) is 0 Å². The van der Waals surface area contributed by atoms with Gasteiger partial charge in [-0.15, -0.1) is 0 Å². The predicted octanol–water partition coefficient (Wildman–Crippen LogP) is 3.98. The topological polar surface area (TPSA) is 59.1 Å². The Labute approximate surface area is 191 Å². The summed E-state index contributed by atoms with van der Waals surface area (Å²) in [5.74, 6) is 4.09. The molecule has 0 spiro atoms. The van der Waals surface area contributed by atoms with E-state index in [1.807, 2.05) is 9.80 Å². The van der Waals surface area contributed by atoms with E-state index in [-0.39, 0.29) is 11.3 Å². The van der Waals surface area contributed by atoms with Crippen molar-refractivity contribution in [1.82, 2.24) is 9.80 Å². The number of hydrogen-bond donors (Lipinski definition) is 0. The second-order valence-electron chi connectivity index (χ2n) is 10.7. The maximum absolute atomic E-state index is 13.3. The molecular weight excluding hydrogens is 404 g/mol. The molecule has 5 aliphatic rings. The normalized spacial score (nSPS) is 31.4. The molecule has 1 heterocycles. The quantitative estimate of drug-likeness (QED) is 0.695. The average molecular weight is 441 g/mol. The Morgan fingerprint density at radius 1 is 0.844 bits per heavy atom. The van der Waals surface area contributed by atoms with E-state index in [0.29, 0.717) is 42.6 Å². The molecular formula is C26H36N2O4. The van der Waals surface area contributed by atoms with Crippen molar-refractivity contribution in [2.75, 3.05) is 40.4 Å². The maximum Gasteiger partial charge on any atom is 0.254 e. The highest BCUT2D eigenvalue weighted by Crippen LogP contribution is 2.61. The number of hydrogen-bond acceptors (Lipinski definition) is 4. The minimum absolute atomic E-state index is 0.0300. The van der Waals surface area contributed by atoms with E-state index >= 15 is 0 Å². The zero-order valence-corrected chi connectivity index (χ0v) is 19.5. The molecule has 0 aromatic heterocycles. The maximum atomic E-state index is 13.3. The number of ether oxygens (including phenoxy) is 2. The first-order valence-electron chi connectivity index (χ1n) is 12.3. The Hall–Kier alpha value is -2.24. The molecule has 6 nitrogen and oxygen atoms in total. The van der Waals surface area contributed by atoms with Gasteiger partial charge in [0, 0.05) is 44.2 Å². The van der Waals surface area contributed by atoms with E-state index in [0.717, 1.165) is 37.1 Å². The van der Waals surface area contributed by atoms with Crippen molar-refractivity contribution in [2.45, 2.75) is 51.4 Å². The summed E-state index contributed by atoms with van der Waals surface area (Å²) >= 11 is 0. The molecule has 4 aliphatic carbocycles. The summed E-state index contributed by atoms with van der Waals surface area (Å²) in [6.45, 7) is 2.61. The summed E-state index contributed by atoms with van der Waals surface area (Å²) in [6.07, 6.45) is 9.55. The fourth-order valence-electron chi connectivity index (χ4n) is 7.42. The molecule has 0 radical (unpaired) electrons. The number of nitrogens with zero attached hydrogens (tertiary/aromatic N) is 2. The molecule has 0 N–H and O–H groups in total. The molecule has 4 saturated carbocycles. The molecule has 6 rings (SSSR count). The zero-order valence-electron chi connectivity index (χ0n) is 19.5. The number of benzene rings is 1. The van der Waals surface area contributed by atoms with E-state index in [2.05, 4.69) is 0 Å². The third kappa shape index (κ3) is 4.20. The first-order chi connectivity index (χ1) is 15.5. The molecule has 0 unspecified atom stereocenters. The molecule has 174 valence electrons. The van der Waals surface area contributed by atoms with Gasteiger partial charge in [0.25, 0.3) is 5.91 Å². The van der Waals surface area contributed by atoms with Crippen LogP contribution in [0.5, 0.6) is 11.5 Å². The van der Waals surface area contributed by atoms with Crippen molar-refractivity contribution < 1.29 is 19.1 Å². The lowest BCUT2D eigenvalue weighted by atomic mass is 9.49. The minimum Gasteiger partial charge on any atom is -0.497 e. The highest BCUT2D eigenvalue weighted by atomic mass is 16.5. The smallest absolute Gasteiger partial charge is 0.254 e.